The molecule has 2 rings (SSSR count). The molecule has 0 radical (unpaired) electrons. The number of amides is 2. The second kappa shape index (κ2) is 11.0. The highest BCUT2D eigenvalue weighted by Crippen LogP contribution is 2.30. The Morgan fingerprint density at radius 3 is 2.46 bits per heavy atom. The molecule has 0 bridgehead atoms. The van der Waals surface area contributed by atoms with Crippen molar-refractivity contribution in [2.24, 2.45) is 11.7 Å². The van der Waals surface area contributed by atoms with Gasteiger partial charge < -0.3 is 21.1 Å². The first-order chi connectivity index (χ1) is 13.4. The number of piperidine rings is 1. The Morgan fingerprint density at radius 2 is 1.82 bits per heavy atom. The lowest BCUT2D eigenvalue weighted by Gasteiger charge is -2.35. The first-order valence-electron chi connectivity index (χ1n) is 10.1. The molecular formula is C21H34N4O3. The van der Waals surface area contributed by atoms with Crippen molar-refractivity contribution in [3.63, 3.8) is 0 Å². The minimum atomic E-state index is -0.609. The number of nitrogens with two attached hydrogens (primary N) is 1. The summed E-state index contributed by atoms with van der Waals surface area (Å²) >= 11 is 0. The van der Waals surface area contributed by atoms with E-state index in [0.29, 0.717) is 6.54 Å². The molecule has 0 saturated carbocycles. The fourth-order valence-electron chi connectivity index (χ4n) is 3.47. The van der Waals surface area contributed by atoms with Crippen LogP contribution >= 0.6 is 0 Å². The fraction of sp³-hybridized carbons (Fsp3) is 0.619. The fourth-order valence-corrected chi connectivity index (χ4v) is 3.47. The number of rotatable bonds is 9. The van der Waals surface area contributed by atoms with E-state index in [9.17, 15) is 9.59 Å². The van der Waals surface area contributed by atoms with Crippen LogP contribution in [-0.2, 0) is 9.59 Å². The average molecular weight is 391 g/mol. The van der Waals surface area contributed by atoms with Gasteiger partial charge in [0, 0.05) is 12.1 Å². The molecule has 1 aliphatic rings. The molecule has 1 heterocycles. The van der Waals surface area contributed by atoms with Gasteiger partial charge in [-0.1, -0.05) is 38.5 Å². The highest BCUT2D eigenvalue weighted by Gasteiger charge is 2.25. The Hall–Kier alpha value is -2.12. The number of para-hydroxylation sites is 1. The number of nitrogens with one attached hydrogen (secondary N) is 2. The van der Waals surface area contributed by atoms with Gasteiger partial charge in [0.05, 0.1) is 25.7 Å². The summed E-state index contributed by atoms with van der Waals surface area (Å²) in [7, 11) is 1.66. The molecule has 7 nitrogen and oxygen atoms in total. The van der Waals surface area contributed by atoms with Gasteiger partial charge in [-0.2, -0.15) is 0 Å². The van der Waals surface area contributed by atoms with Crippen LogP contribution in [0.4, 0.5) is 0 Å². The number of likely N-dealkylation sites (tertiary alicyclic amines) is 1. The summed E-state index contributed by atoms with van der Waals surface area (Å²) in [5.41, 5.74) is 6.88. The van der Waals surface area contributed by atoms with Gasteiger partial charge in [0.2, 0.25) is 11.8 Å². The molecule has 7 heteroatoms. The monoisotopic (exact) mass is 390 g/mol. The van der Waals surface area contributed by atoms with Gasteiger partial charge in [0.1, 0.15) is 5.75 Å². The third-order valence-electron chi connectivity index (χ3n) is 5.27. The number of hydrogen-bond donors (Lipinski definition) is 3. The summed E-state index contributed by atoms with van der Waals surface area (Å²) in [6, 6.07) is 7.36. The molecule has 0 aliphatic carbocycles. The van der Waals surface area contributed by atoms with Crippen LogP contribution in [0.15, 0.2) is 24.3 Å². The summed E-state index contributed by atoms with van der Waals surface area (Å²) in [6.45, 7) is 6.14. The molecule has 1 fully saturated rings. The van der Waals surface area contributed by atoms with Crippen LogP contribution in [0, 0.1) is 5.92 Å². The van der Waals surface area contributed by atoms with E-state index in [1.807, 2.05) is 38.1 Å². The zero-order chi connectivity index (χ0) is 20.5. The zero-order valence-corrected chi connectivity index (χ0v) is 17.2. The lowest BCUT2D eigenvalue weighted by atomic mass is 10.0. The third kappa shape index (κ3) is 6.21. The van der Waals surface area contributed by atoms with E-state index in [4.69, 9.17) is 10.5 Å². The molecule has 1 unspecified atom stereocenters. The van der Waals surface area contributed by atoms with Gasteiger partial charge in [-0.25, -0.2) is 0 Å². The van der Waals surface area contributed by atoms with Crippen molar-refractivity contribution in [2.75, 3.05) is 33.3 Å². The maximum Gasteiger partial charge on any atom is 0.239 e. The van der Waals surface area contributed by atoms with Gasteiger partial charge in [0.15, 0.2) is 0 Å². The van der Waals surface area contributed by atoms with Crippen molar-refractivity contribution in [3.8, 4) is 5.75 Å². The summed E-state index contributed by atoms with van der Waals surface area (Å²) in [5, 5.41) is 5.58. The Balaban J connectivity index is 1.98. The highest BCUT2D eigenvalue weighted by atomic mass is 16.5. The Kier molecular flexibility index (Phi) is 8.73. The molecule has 156 valence electrons. The normalized spacial score (nSPS) is 17.0. The van der Waals surface area contributed by atoms with Gasteiger partial charge in [-0.15, -0.1) is 0 Å². The molecule has 4 N–H and O–H groups in total. The van der Waals surface area contributed by atoms with Crippen LogP contribution in [0.3, 0.4) is 0 Å². The smallest absolute Gasteiger partial charge is 0.239 e. The van der Waals surface area contributed by atoms with Crippen LogP contribution in [0.1, 0.15) is 44.7 Å². The molecule has 0 aromatic heterocycles. The average Bonchev–Trinajstić information content (AvgIpc) is 2.72. The summed E-state index contributed by atoms with van der Waals surface area (Å²) < 4.78 is 5.54. The van der Waals surface area contributed by atoms with E-state index in [0.717, 1.165) is 37.2 Å². The van der Waals surface area contributed by atoms with E-state index in [1.165, 1.54) is 6.42 Å². The van der Waals surface area contributed by atoms with Gasteiger partial charge in [-0.3, -0.25) is 14.5 Å². The van der Waals surface area contributed by atoms with E-state index >= 15 is 0 Å². The minimum absolute atomic E-state index is 0.0251. The SMILES string of the molecule is COc1ccccc1C(CNC(=O)CNC(=O)[C@@H](N)C(C)C)N1CCCCC1. The zero-order valence-electron chi connectivity index (χ0n) is 17.2. The van der Waals surface area contributed by atoms with Gasteiger partial charge in [-0.05, 0) is 37.9 Å². The van der Waals surface area contributed by atoms with Crippen molar-refractivity contribution < 1.29 is 14.3 Å². The van der Waals surface area contributed by atoms with Gasteiger partial charge >= 0.3 is 0 Å². The lowest BCUT2D eigenvalue weighted by molar-refractivity contribution is -0.127. The van der Waals surface area contributed by atoms with Crippen LogP contribution in [0.25, 0.3) is 0 Å². The molecule has 2 amide bonds. The second-order valence-electron chi connectivity index (χ2n) is 7.65. The first-order valence-corrected chi connectivity index (χ1v) is 10.1. The number of carbonyl (C=O) groups is 2. The number of ether oxygens (including phenoxy) is 1. The molecule has 1 saturated heterocycles. The van der Waals surface area contributed by atoms with Crippen molar-refractivity contribution in [1.82, 2.24) is 15.5 Å². The van der Waals surface area contributed by atoms with Crippen molar-refractivity contribution in [3.05, 3.63) is 29.8 Å². The summed E-state index contributed by atoms with van der Waals surface area (Å²) in [4.78, 5) is 26.6. The van der Waals surface area contributed by atoms with Crippen molar-refractivity contribution in [2.45, 2.75) is 45.2 Å². The maximum atomic E-state index is 12.3. The Labute approximate surface area is 168 Å². The van der Waals surface area contributed by atoms with Crippen LogP contribution < -0.4 is 21.1 Å². The van der Waals surface area contributed by atoms with Crippen LogP contribution in [-0.4, -0.2) is 56.0 Å². The lowest BCUT2D eigenvalue weighted by Crippen LogP contribution is -2.48. The summed E-state index contributed by atoms with van der Waals surface area (Å²) in [5.74, 6) is 0.323. The molecule has 1 aromatic carbocycles. The molecule has 0 spiro atoms. The highest BCUT2D eigenvalue weighted by molar-refractivity contribution is 5.87. The number of hydrogen-bond acceptors (Lipinski definition) is 5. The van der Waals surface area contributed by atoms with E-state index in [-0.39, 0.29) is 30.3 Å². The van der Waals surface area contributed by atoms with E-state index in [2.05, 4.69) is 15.5 Å². The van der Waals surface area contributed by atoms with Crippen LogP contribution in [0.5, 0.6) is 5.75 Å². The minimum Gasteiger partial charge on any atom is -0.496 e. The summed E-state index contributed by atoms with van der Waals surface area (Å²) in [6.07, 6.45) is 3.55. The van der Waals surface area contributed by atoms with E-state index < -0.39 is 6.04 Å². The Bertz CT molecular complexity index is 644. The molecule has 2 atom stereocenters. The van der Waals surface area contributed by atoms with Crippen molar-refractivity contribution >= 4 is 11.8 Å². The largest absolute Gasteiger partial charge is 0.496 e. The number of carbonyl (C=O) groups excluding carboxylic acids is 2. The quantitative estimate of drug-likeness (QED) is 0.593. The Morgan fingerprint density at radius 1 is 1.14 bits per heavy atom. The van der Waals surface area contributed by atoms with Gasteiger partial charge in [0.25, 0.3) is 0 Å². The van der Waals surface area contributed by atoms with E-state index in [1.54, 1.807) is 7.11 Å². The number of benzene rings is 1. The van der Waals surface area contributed by atoms with Crippen molar-refractivity contribution in [1.29, 1.82) is 0 Å². The maximum absolute atomic E-state index is 12.3. The molecule has 1 aliphatic heterocycles. The van der Waals surface area contributed by atoms with Crippen LogP contribution in [0.2, 0.25) is 0 Å². The third-order valence-corrected chi connectivity index (χ3v) is 5.27. The predicted octanol–water partition coefficient (Wildman–Crippen LogP) is 1.44. The molecular weight excluding hydrogens is 356 g/mol. The molecule has 1 aromatic rings. The number of methoxy groups -OCH3 is 1. The second-order valence-corrected chi connectivity index (χ2v) is 7.65. The standard InChI is InChI=1S/C21H34N4O3/c1-15(2)20(22)21(27)24-14-19(26)23-13-17(25-11-7-4-8-12-25)16-9-5-6-10-18(16)28-3/h5-6,9-10,15,17,20H,4,7-8,11-14,22H2,1-3H3,(H,23,26)(H,24,27)/t17?,20-/m0/s1. The molecule has 28 heavy (non-hydrogen) atoms. The first kappa shape index (κ1) is 22.2. The predicted molar refractivity (Wildman–Crippen MR) is 110 cm³/mol. The number of nitrogens with zero attached hydrogens (tertiary/aromatic N) is 1. The topological polar surface area (TPSA) is 96.7 Å².